The number of hydroxylamine groups is 2. The van der Waals surface area contributed by atoms with E-state index in [0.29, 0.717) is 18.7 Å². The van der Waals surface area contributed by atoms with Gasteiger partial charge in [0.05, 0.1) is 12.1 Å². The van der Waals surface area contributed by atoms with E-state index in [9.17, 15) is 10.0 Å². The van der Waals surface area contributed by atoms with E-state index in [0.717, 1.165) is 15.8 Å². The van der Waals surface area contributed by atoms with Crippen LogP contribution in [0.2, 0.25) is 0 Å². The number of esters is 1. The van der Waals surface area contributed by atoms with Crippen molar-refractivity contribution in [2.45, 2.75) is 6.92 Å². The zero-order valence-electron chi connectivity index (χ0n) is 9.62. The largest absolute Gasteiger partial charge is 0.461 e. The van der Waals surface area contributed by atoms with Crippen LogP contribution >= 0.6 is 67.8 Å². The number of nitrogens with zero attached hydrogens (tertiary/aromatic N) is 1. The number of hydrogen-bond acceptors (Lipinski definition) is 4. The molecule has 4 nitrogen and oxygen atoms in total. The third-order valence-electron chi connectivity index (χ3n) is 2.20. The Kier molecular flexibility index (Phi) is 7.65. The van der Waals surface area contributed by atoms with E-state index in [1.54, 1.807) is 0 Å². The molecule has 0 aliphatic heterocycles. The van der Waals surface area contributed by atoms with Crippen molar-refractivity contribution >= 4 is 73.7 Å². The van der Waals surface area contributed by atoms with Gasteiger partial charge in [0.15, 0.2) is 0 Å². The van der Waals surface area contributed by atoms with Gasteiger partial charge in [0.25, 0.3) is 0 Å². The van der Waals surface area contributed by atoms with Crippen LogP contribution in [0.15, 0.2) is 12.1 Å². The first kappa shape index (κ1) is 16.9. The maximum absolute atomic E-state index is 12.0. The summed E-state index contributed by atoms with van der Waals surface area (Å²) < 4.78 is 7.97. The van der Waals surface area contributed by atoms with Gasteiger partial charge in [0.2, 0.25) is 0 Å². The Morgan fingerprint density at radius 1 is 1.33 bits per heavy atom. The molecule has 1 N–H and O–H groups in total. The zero-order valence-corrected chi connectivity index (χ0v) is 16.1. The molecule has 0 aliphatic carbocycles. The lowest BCUT2D eigenvalue weighted by atomic mass is 10.2. The SMILES string of the molecule is CCN(O)CCOC(=O)c1c(I)ccc(I)c1I. The van der Waals surface area contributed by atoms with Crippen LogP contribution < -0.4 is 0 Å². The van der Waals surface area contributed by atoms with Crippen molar-refractivity contribution in [2.24, 2.45) is 0 Å². The molecule has 0 unspecified atom stereocenters. The van der Waals surface area contributed by atoms with Gasteiger partial charge in [-0.3, -0.25) is 0 Å². The van der Waals surface area contributed by atoms with Crippen molar-refractivity contribution in [3.8, 4) is 0 Å². The van der Waals surface area contributed by atoms with Crippen molar-refractivity contribution in [1.29, 1.82) is 0 Å². The molecule has 0 heterocycles. The Labute approximate surface area is 147 Å². The summed E-state index contributed by atoms with van der Waals surface area (Å²) in [5.74, 6) is -0.341. The summed E-state index contributed by atoms with van der Waals surface area (Å²) in [7, 11) is 0. The second kappa shape index (κ2) is 8.17. The van der Waals surface area contributed by atoms with Gasteiger partial charge in [-0.15, -0.1) is 0 Å². The second-order valence-electron chi connectivity index (χ2n) is 3.40. The molecule has 0 spiro atoms. The highest BCUT2D eigenvalue weighted by Crippen LogP contribution is 2.24. The van der Waals surface area contributed by atoms with Gasteiger partial charge in [-0.1, -0.05) is 6.92 Å². The van der Waals surface area contributed by atoms with Crippen molar-refractivity contribution in [3.05, 3.63) is 28.4 Å². The number of rotatable bonds is 5. The van der Waals surface area contributed by atoms with Crippen LogP contribution in [-0.2, 0) is 4.74 Å². The average molecular weight is 587 g/mol. The first-order valence-electron chi connectivity index (χ1n) is 5.21. The summed E-state index contributed by atoms with van der Waals surface area (Å²) >= 11 is 6.45. The van der Waals surface area contributed by atoms with Crippen molar-refractivity contribution < 1.29 is 14.7 Å². The molecule has 100 valence electrons. The lowest BCUT2D eigenvalue weighted by Gasteiger charge is -2.13. The van der Waals surface area contributed by atoms with E-state index in [1.807, 2.05) is 19.1 Å². The smallest absolute Gasteiger partial charge is 0.340 e. The number of carbonyl (C=O) groups excluding carboxylic acids is 1. The minimum Gasteiger partial charge on any atom is -0.461 e. The van der Waals surface area contributed by atoms with Crippen LogP contribution in [0.25, 0.3) is 0 Å². The summed E-state index contributed by atoms with van der Waals surface area (Å²) in [4.78, 5) is 12.0. The van der Waals surface area contributed by atoms with E-state index in [1.165, 1.54) is 0 Å². The van der Waals surface area contributed by atoms with Crippen LogP contribution in [0.3, 0.4) is 0 Å². The predicted octanol–water partition coefficient (Wildman–Crippen LogP) is 3.37. The first-order valence-corrected chi connectivity index (χ1v) is 8.45. The minimum atomic E-state index is -0.341. The Balaban J connectivity index is 2.70. The van der Waals surface area contributed by atoms with Crippen molar-refractivity contribution in [3.63, 3.8) is 0 Å². The molecule has 1 aromatic rings. The van der Waals surface area contributed by atoms with Crippen LogP contribution in [0, 0.1) is 10.7 Å². The molecule has 1 aromatic carbocycles. The summed E-state index contributed by atoms with van der Waals surface area (Å²) in [5, 5.41) is 10.3. The first-order chi connectivity index (χ1) is 8.47. The van der Waals surface area contributed by atoms with E-state index < -0.39 is 0 Å². The van der Waals surface area contributed by atoms with E-state index in [-0.39, 0.29) is 12.6 Å². The van der Waals surface area contributed by atoms with Crippen LogP contribution in [-0.4, -0.2) is 35.9 Å². The van der Waals surface area contributed by atoms with Crippen LogP contribution in [0.5, 0.6) is 0 Å². The Morgan fingerprint density at radius 2 is 1.94 bits per heavy atom. The molecule has 0 saturated carbocycles. The van der Waals surface area contributed by atoms with Gasteiger partial charge in [-0.25, -0.2) is 4.79 Å². The van der Waals surface area contributed by atoms with Gasteiger partial charge in [0, 0.05) is 17.3 Å². The molecular formula is C11H12I3NO3. The van der Waals surface area contributed by atoms with E-state index in [4.69, 9.17) is 4.74 Å². The highest BCUT2D eigenvalue weighted by Gasteiger charge is 2.17. The highest BCUT2D eigenvalue weighted by molar-refractivity contribution is 14.1. The zero-order chi connectivity index (χ0) is 13.7. The predicted molar refractivity (Wildman–Crippen MR) is 93.9 cm³/mol. The third kappa shape index (κ3) is 4.72. The third-order valence-corrected chi connectivity index (χ3v) is 6.15. The van der Waals surface area contributed by atoms with Gasteiger partial charge in [-0.05, 0) is 79.9 Å². The molecule has 18 heavy (non-hydrogen) atoms. The minimum absolute atomic E-state index is 0.181. The van der Waals surface area contributed by atoms with Gasteiger partial charge in [-0.2, -0.15) is 5.06 Å². The van der Waals surface area contributed by atoms with E-state index in [2.05, 4.69) is 67.8 Å². The maximum Gasteiger partial charge on any atom is 0.340 e. The van der Waals surface area contributed by atoms with Crippen LogP contribution in [0.4, 0.5) is 0 Å². The fourth-order valence-corrected chi connectivity index (χ4v) is 3.51. The fraction of sp³-hybridized carbons (Fsp3) is 0.364. The molecule has 0 radical (unpaired) electrons. The molecule has 0 aromatic heterocycles. The van der Waals surface area contributed by atoms with E-state index >= 15 is 0 Å². The number of likely N-dealkylation sites (N-methyl/N-ethyl adjacent to an activating group) is 1. The Morgan fingerprint density at radius 3 is 2.56 bits per heavy atom. The number of carbonyl (C=O) groups is 1. The second-order valence-corrected chi connectivity index (χ2v) is 6.80. The molecule has 0 amide bonds. The van der Waals surface area contributed by atoms with Gasteiger partial charge in [0.1, 0.15) is 6.61 Å². The molecule has 0 aliphatic rings. The van der Waals surface area contributed by atoms with Gasteiger partial charge >= 0.3 is 5.97 Å². The summed E-state index contributed by atoms with van der Waals surface area (Å²) in [5.41, 5.74) is 0.601. The lowest BCUT2D eigenvalue weighted by molar-refractivity contribution is -0.0952. The summed E-state index contributed by atoms with van der Waals surface area (Å²) in [6.45, 7) is 2.84. The molecule has 0 atom stereocenters. The average Bonchev–Trinajstić information content (AvgIpc) is 2.34. The number of hydrogen-bond donors (Lipinski definition) is 1. The van der Waals surface area contributed by atoms with Crippen molar-refractivity contribution in [2.75, 3.05) is 19.7 Å². The number of benzene rings is 1. The maximum atomic E-state index is 12.0. The summed E-state index contributed by atoms with van der Waals surface area (Å²) in [6.07, 6.45) is 0. The molecule has 0 bridgehead atoms. The molecule has 0 fully saturated rings. The lowest BCUT2D eigenvalue weighted by Crippen LogP contribution is -2.25. The Hall–Kier alpha value is 0.800. The summed E-state index contributed by atoms with van der Waals surface area (Å²) in [6, 6.07) is 3.86. The number of ether oxygens (including phenoxy) is 1. The molecule has 7 heteroatoms. The quantitative estimate of drug-likeness (QED) is 0.249. The standard InChI is InChI=1S/C11H12I3NO3/c1-2-15(17)5-6-18-11(16)9-7(12)3-4-8(13)10(9)14/h3-4,17H,2,5-6H2,1H3. The fourth-order valence-electron chi connectivity index (χ4n) is 1.19. The Bertz CT molecular complexity index is 440. The normalized spacial score (nSPS) is 10.8. The topological polar surface area (TPSA) is 49.8 Å². The number of halogens is 3. The monoisotopic (exact) mass is 587 g/mol. The van der Waals surface area contributed by atoms with Crippen molar-refractivity contribution in [1.82, 2.24) is 5.06 Å². The molecular weight excluding hydrogens is 575 g/mol. The highest BCUT2D eigenvalue weighted by atomic mass is 127. The molecule has 1 rings (SSSR count). The molecule has 0 saturated heterocycles. The van der Waals surface area contributed by atoms with Crippen LogP contribution in [0.1, 0.15) is 17.3 Å². The van der Waals surface area contributed by atoms with Gasteiger partial charge < -0.3 is 9.94 Å².